The number of aliphatic imine (C=N–C) groups is 1. The van der Waals surface area contributed by atoms with Crippen LogP contribution in [0.4, 0.5) is 0 Å². The summed E-state index contributed by atoms with van der Waals surface area (Å²) in [4.78, 5) is 12.4. The normalized spacial score (nSPS) is 16.3. The number of likely N-dealkylation sites (tertiary alicyclic amines) is 1. The minimum absolute atomic E-state index is 0.257. The van der Waals surface area contributed by atoms with Crippen LogP contribution in [0.5, 0.6) is 5.75 Å². The van der Waals surface area contributed by atoms with Gasteiger partial charge < -0.3 is 15.4 Å². The lowest BCUT2D eigenvalue weighted by atomic mass is 10.0. The first kappa shape index (κ1) is 19.6. The van der Waals surface area contributed by atoms with E-state index in [1.54, 1.807) is 25.5 Å². The van der Waals surface area contributed by atoms with Crippen LogP contribution in [0.25, 0.3) is 0 Å². The number of methoxy groups -OCH3 is 1. The van der Waals surface area contributed by atoms with E-state index in [4.69, 9.17) is 4.74 Å². The van der Waals surface area contributed by atoms with Crippen LogP contribution in [0, 0.1) is 6.92 Å². The van der Waals surface area contributed by atoms with Crippen molar-refractivity contribution < 1.29 is 4.74 Å². The molecule has 1 unspecified atom stereocenters. The number of guanidine groups is 1. The van der Waals surface area contributed by atoms with Gasteiger partial charge in [-0.25, -0.2) is 4.98 Å². The van der Waals surface area contributed by atoms with Crippen LogP contribution in [0.15, 0.2) is 35.5 Å². The zero-order chi connectivity index (χ0) is 19.1. The molecule has 0 spiro atoms. The molecule has 6 nitrogen and oxygen atoms in total. The second-order valence-corrected chi connectivity index (χ2v) is 7.97. The van der Waals surface area contributed by atoms with Crippen molar-refractivity contribution in [3.05, 3.63) is 45.9 Å². The summed E-state index contributed by atoms with van der Waals surface area (Å²) in [6.45, 7) is 5.78. The Balaban J connectivity index is 1.66. The van der Waals surface area contributed by atoms with Gasteiger partial charge in [0.2, 0.25) is 0 Å². The summed E-state index contributed by atoms with van der Waals surface area (Å²) in [5.41, 5.74) is 1.22. The van der Waals surface area contributed by atoms with E-state index in [0.29, 0.717) is 0 Å². The highest BCUT2D eigenvalue weighted by Crippen LogP contribution is 2.31. The van der Waals surface area contributed by atoms with E-state index in [9.17, 15) is 0 Å². The maximum atomic E-state index is 5.62. The molecule has 1 fully saturated rings. The van der Waals surface area contributed by atoms with Crippen LogP contribution >= 0.6 is 11.3 Å². The van der Waals surface area contributed by atoms with E-state index in [1.165, 1.54) is 23.3 Å². The van der Waals surface area contributed by atoms with E-state index in [0.717, 1.165) is 42.9 Å². The second-order valence-electron chi connectivity index (χ2n) is 6.65. The monoisotopic (exact) mass is 387 g/mol. The number of benzene rings is 1. The molecule has 0 saturated carbocycles. The van der Waals surface area contributed by atoms with Crippen LogP contribution in [0.1, 0.15) is 34.3 Å². The number of hydrogen-bond donors (Lipinski definition) is 2. The zero-order valence-electron chi connectivity index (χ0n) is 16.4. The van der Waals surface area contributed by atoms with Gasteiger partial charge in [-0.05, 0) is 38.9 Å². The standard InChI is InChI=1S/C20H29N5OS/c1-15-22-12-16(27-15)13-23-20(21-2)24-14-18(25-10-6-7-11-25)17-8-4-5-9-19(17)26-3/h4-5,8-9,12,18H,6-7,10-11,13-14H2,1-3H3,(H2,21,23,24). The lowest BCUT2D eigenvalue weighted by Gasteiger charge is -2.30. The average Bonchev–Trinajstić information content (AvgIpc) is 3.36. The molecule has 0 aliphatic carbocycles. The highest BCUT2D eigenvalue weighted by molar-refractivity contribution is 7.11. The summed E-state index contributed by atoms with van der Waals surface area (Å²) < 4.78 is 5.62. The quantitative estimate of drug-likeness (QED) is 0.565. The van der Waals surface area contributed by atoms with Gasteiger partial charge in [-0.15, -0.1) is 11.3 Å². The number of rotatable bonds is 7. The number of aryl methyl sites for hydroxylation is 1. The first-order valence-corrected chi connectivity index (χ1v) is 10.3. The minimum Gasteiger partial charge on any atom is -0.496 e. The molecule has 7 heteroatoms. The molecule has 3 rings (SSSR count). The zero-order valence-corrected chi connectivity index (χ0v) is 17.2. The maximum Gasteiger partial charge on any atom is 0.191 e. The summed E-state index contributed by atoms with van der Waals surface area (Å²) in [6.07, 6.45) is 4.43. The van der Waals surface area contributed by atoms with E-state index in [2.05, 4.69) is 37.6 Å². The van der Waals surface area contributed by atoms with Crippen molar-refractivity contribution in [3.8, 4) is 5.75 Å². The molecule has 1 atom stereocenters. The largest absolute Gasteiger partial charge is 0.496 e. The Morgan fingerprint density at radius 3 is 2.74 bits per heavy atom. The van der Waals surface area contributed by atoms with Crippen molar-refractivity contribution in [2.75, 3.05) is 33.8 Å². The smallest absolute Gasteiger partial charge is 0.191 e. The summed E-state index contributed by atoms with van der Waals surface area (Å²) in [7, 11) is 3.55. The predicted molar refractivity (Wildman–Crippen MR) is 112 cm³/mol. The van der Waals surface area contributed by atoms with Crippen molar-refractivity contribution in [3.63, 3.8) is 0 Å². The Kier molecular flexibility index (Phi) is 7.06. The molecular weight excluding hydrogens is 358 g/mol. The number of ether oxygens (including phenoxy) is 1. The third-order valence-electron chi connectivity index (χ3n) is 4.87. The molecule has 146 valence electrons. The molecule has 1 aliphatic rings. The number of hydrogen-bond acceptors (Lipinski definition) is 5. The fourth-order valence-corrected chi connectivity index (χ4v) is 4.24. The average molecular weight is 388 g/mol. The maximum absolute atomic E-state index is 5.62. The van der Waals surface area contributed by atoms with Crippen molar-refractivity contribution in [2.24, 2.45) is 4.99 Å². The molecule has 0 amide bonds. The molecule has 1 saturated heterocycles. The van der Waals surface area contributed by atoms with E-state index < -0.39 is 0 Å². The number of nitrogens with zero attached hydrogens (tertiary/aromatic N) is 3. The number of thiazole rings is 1. The lowest BCUT2D eigenvalue weighted by molar-refractivity contribution is 0.239. The fraction of sp³-hybridized carbons (Fsp3) is 0.500. The molecule has 2 N–H and O–H groups in total. The van der Waals surface area contributed by atoms with Crippen molar-refractivity contribution in [1.82, 2.24) is 20.5 Å². The third kappa shape index (κ3) is 5.20. The van der Waals surface area contributed by atoms with Crippen molar-refractivity contribution in [1.29, 1.82) is 0 Å². The highest BCUT2D eigenvalue weighted by atomic mass is 32.1. The van der Waals surface area contributed by atoms with Gasteiger partial charge >= 0.3 is 0 Å². The van der Waals surface area contributed by atoms with Crippen molar-refractivity contribution in [2.45, 2.75) is 32.4 Å². The topological polar surface area (TPSA) is 61.8 Å². The summed E-state index contributed by atoms with van der Waals surface area (Å²) in [5, 5.41) is 7.97. The van der Waals surface area contributed by atoms with E-state index in [1.807, 2.05) is 25.3 Å². The number of para-hydroxylation sites is 1. The highest BCUT2D eigenvalue weighted by Gasteiger charge is 2.26. The molecule has 1 aromatic carbocycles. The summed E-state index contributed by atoms with van der Waals surface area (Å²) in [5.74, 6) is 1.75. The van der Waals surface area contributed by atoms with Crippen LogP contribution in [0.3, 0.4) is 0 Å². The van der Waals surface area contributed by atoms with Crippen LogP contribution < -0.4 is 15.4 Å². The van der Waals surface area contributed by atoms with Gasteiger partial charge in [-0.3, -0.25) is 9.89 Å². The van der Waals surface area contributed by atoms with Gasteiger partial charge in [0.05, 0.1) is 24.7 Å². The van der Waals surface area contributed by atoms with Gasteiger partial charge in [-0.2, -0.15) is 0 Å². The van der Waals surface area contributed by atoms with Gasteiger partial charge in [0.15, 0.2) is 5.96 Å². The third-order valence-corrected chi connectivity index (χ3v) is 5.78. The van der Waals surface area contributed by atoms with E-state index >= 15 is 0 Å². The molecule has 2 aromatic rings. The first-order chi connectivity index (χ1) is 13.2. The SMILES string of the molecule is CN=C(NCc1cnc(C)s1)NCC(c1ccccc1OC)N1CCCC1. The van der Waals surface area contributed by atoms with Gasteiger partial charge in [0.25, 0.3) is 0 Å². The Labute approximate surface area is 165 Å². The molecule has 1 aliphatic heterocycles. The molecule has 27 heavy (non-hydrogen) atoms. The van der Waals surface area contributed by atoms with Crippen molar-refractivity contribution >= 4 is 17.3 Å². The minimum atomic E-state index is 0.257. The Hall–Kier alpha value is -2.12. The number of aromatic nitrogens is 1. The summed E-state index contributed by atoms with van der Waals surface area (Å²) in [6, 6.07) is 8.57. The molecular formula is C20H29N5OS. The van der Waals surface area contributed by atoms with Crippen LogP contribution in [-0.2, 0) is 6.54 Å². The lowest BCUT2D eigenvalue weighted by Crippen LogP contribution is -2.42. The molecule has 0 bridgehead atoms. The second kappa shape index (κ2) is 9.71. The van der Waals surface area contributed by atoms with Gasteiger partial charge in [-0.1, -0.05) is 18.2 Å². The Bertz CT molecular complexity index is 754. The van der Waals surface area contributed by atoms with Crippen LogP contribution in [-0.4, -0.2) is 49.6 Å². The predicted octanol–water partition coefficient (Wildman–Crippen LogP) is 2.96. The van der Waals surface area contributed by atoms with Crippen LogP contribution in [0.2, 0.25) is 0 Å². The van der Waals surface area contributed by atoms with Gasteiger partial charge in [0.1, 0.15) is 5.75 Å². The fourth-order valence-electron chi connectivity index (χ4n) is 3.50. The number of nitrogens with one attached hydrogen (secondary N) is 2. The molecule has 1 aromatic heterocycles. The molecule has 0 radical (unpaired) electrons. The first-order valence-electron chi connectivity index (χ1n) is 9.44. The molecule has 2 heterocycles. The Morgan fingerprint density at radius 1 is 1.30 bits per heavy atom. The Morgan fingerprint density at radius 2 is 2.07 bits per heavy atom. The van der Waals surface area contributed by atoms with E-state index in [-0.39, 0.29) is 6.04 Å². The summed E-state index contributed by atoms with van der Waals surface area (Å²) >= 11 is 1.71. The van der Waals surface area contributed by atoms with Gasteiger partial charge in [0, 0.05) is 30.2 Å².